The second-order valence-corrected chi connectivity index (χ2v) is 8.41. The van der Waals surface area contributed by atoms with Crippen LogP contribution in [-0.2, 0) is 19.6 Å². The van der Waals surface area contributed by atoms with Crippen molar-refractivity contribution >= 4 is 27.6 Å². The lowest BCUT2D eigenvalue weighted by molar-refractivity contribution is -0.119. The van der Waals surface area contributed by atoms with Crippen molar-refractivity contribution in [1.82, 2.24) is 4.31 Å². The second kappa shape index (κ2) is 8.32. The average molecular weight is 390 g/mol. The summed E-state index contributed by atoms with van der Waals surface area (Å²) in [6.07, 6.45) is 0. The fourth-order valence-corrected chi connectivity index (χ4v) is 3.27. The Morgan fingerprint density at radius 3 is 2.22 bits per heavy atom. The molecule has 2 aromatic rings. The van der Waals surface area contributed by atoms with E-state index in [2.05, 4.69) is 5.32 Å². The van der Waals surface area contributed by atoms with Crippen LogP contribution in [0.1, 0.15) is 21.5 Å². The van der Waals surface area contributed by atoms with Gasteiger partial charge in [0.1, 0.15) is 0 Å². The molecule has 8 heteroatoms. The Kier molecular flexibility index (Phi) is 6.35. The van der Waals surface area contributed by atoms with Gasteiger partial charge in [0.15, 0.2) is 6.61 Å². The van der Waals surface area contributed by atoms with Gasteiger partial charge in [0, 0.05) is 19.8 Å². The molecular formula is C19H22N2O5S. The summed E-state index contributed by atoms with van der Waals surface area (Å²) >= 11 is 0. The summed E-state index contributed by atoms with van der Waals surface area (Å²) in [5.74, 6) is -1.09. The van der Waals surface area contributed by atoms with Crippen molar-refractivity contribution in [2.75, 3.05) is 26.0 Å². The fourth-order valence-electron chi connectivity index (χ4n) is 2.37. The van der Waals surface area contributed by atoms with E-state index in [1.807, 2.05) is 13.0 Å². The van der Waals surface area contributed by atoms with Crippen LogP contribution >= 0.6 is 0 Å². The van der Waals surface area contributed by atoms with Crippen LogP contribution in [0, 0.1) is 13.8 Å². The van der Waals surface area contributed by atoms with Crippen LogP contribution in [0.15, 0.2) is 47.4 Å². The molecule has 2 rings (SSSR count). The van der Waals surface area contributed by atoms with Crippen LogP contribution in [0.2, 0.25) is 0 Å². The van der Waals surface area contributed by atoms with Gasteiger partial charge in [-0.05, 0) is 49.7 Å². The Morgan fingerprint density at radius 2 is 1.67 bits per heavy atom. The summed E-state index contributed by atoms with van der Waals surface area (Å²) in [4.78, 5) is 24.2. The molecule has 0 aliphatic rings. The zero-order valence-electron chi connectivity index (χ0n) is 15.6. The summed E-state index contributed by atoms with van der Waals surface area (Å²) in [5, 5.41) is 2.56. The number of esters is 1. The lowest BCUT2D eigenvalue weighted by Crippen LogP contribution is -2.23. The van der Waals surface area contributed by atoms with E-state index >= 15 is 0 Å². The first-order chi connectivity index (χ1) is 12.6. The Balaban J connectivity index is 1.95. The van der Waals surface area contributed by atoms with Crippen molar-refractivity contribution < 1.29 is 22.7 Å². The summed E-state index contributed by atoms with van der Waals surface area (Å²) in [6, 6.07) is 11.1. The van der Waals surface area contributed by atoms with E-state index in [0.29, 0.717) is 11.3 Å². The molecule has 1 amide bonds. The molecule has 0 saturated carbocycles. The van der Waals surface area contributed by atoms with Crippen LogP contribution in [0.25, 0.3) is 0 Å². The monoisotopic (exact) mass is 390 g/mol. The predicted molar refractivity (Wildman–Crippen MR) is 102 cm³/mol. The SMILES string of the molecule is Cc1ccc(C(=O)OCC(=O)Nc2ccc(S(=O)(=O)N(C)C)cc2)c(C)c1. The maximum Gasteiger partial charge on any atom is 0.338 e. The van der Waals surface area contributed by atoms with E-state index in [0.717, 1.165) is 15.4 Å². The molecular weight excluding hydrogens is 368 g/mol. The fraction of sp³-hybridized carbons (Fsp3) is 0.263. The zero-order valence-corrected chi connectivity index (χ0v) is 16.5. The van der Waals surface area contributed by atoms with Gasteiger partial charge >= 0.3 is 5.97 Å². The van der Waals surface area contributed by atoms with Gasteiger partial charge in [-0.15, -0.1) is 0 Å². The number of aryl methyl sites for hydroxylation is 2. The first kappa shape index (κ1) is 20.6. The molecule has 0 bridgehead atoms. The number of nitrogens with zero attached hydrogens (tertiary/aromatic N) is 1. The highest BCUT2D eigenvalue weighted by atomic mass is 32.2. The second-order valence-electron chi connectivity index (χ2n) is 6.25. The standard InChI is InChI=1S/C19H22N2O5S/c1-13-5-10-17(14(2)11-13)19(23)26-12-18(22)20-15-6-8-16(9-7-15)27(24,25)21(3)4/h5-11H,12H2,1-4H3,(H,20,22). The number of sulfonamides is 1. The van der Waals surface area contributed by atoms with Crippen LogP contribution in [0.5, 0.6) is 0 Å². The molecule has 0 radical (unpaired) electrons. The lowest BCUT2D eigenvalue weighted by atomic mass is 10.1. The van der Waals surface area contributed by atoms with Gasteiger partial charge in [0.2, 0.25) is 10.0 Å². The Hall–Kier alpha value is -2.71. The molecule has 2 aromatic carbocycles. The molecule has 0 spiro atoms. The van der Waals surface area contributed by atoms with E-state index in [1.165, 1.54) is 38.4 Å². The Bertz CT molecular complexity index is 951. The molecule has 144 valence electrons. The summed E-state index contributed by atoms with van der Waals surface area (Å²) in [6.45, 7) is 3.28. The van der Waals surface area contributed by atoms with Crippen molar-refractivity contribution in [1.29, 1.82) is 0 Å². The third kappa shape index (κ3) is 5.15. The summed E-state index contributed by atoms with van der Waals surface area (Å²) < 4.78 is 30.2. The number of hydrogen-bond acceptors (Lipinski definition) is 5. The number of amides is 1. The van der Waals surface area contributed by atoms with Crippen molar-refractivity contribution in [3.8, 4) is 0 Å². The van der Waals surface area contributed by atoms with Gasteiger partial charge in [0.25, 0.3) is 5.91 Å². The number of nitrogens with one attached hydrogen (secondary N) is 1. The minimum absolute atomic E-state index is 0.117. The van der Waals surface area contributed by atoms with Gasteiger partial charge in [-0.25, -0.2) is 17.5 Å². The van der Waals surface area contributed by atoms with E-state index in [4.69, 9.17) is 4.74 Å². The molecule has 0 saturated heterocycles. The number of rotatable bonds is 6. The highest BCUT2D eigenvalue weighted by Gasteiger charge is 2.17. The molecule has 0 atom stereocenters. The van der Waals surface area contributed by atoms with Crippen molar-refractivity contribution in [3.63, 3.8) is 0 Å². The summed E-state index contributed by atoms with van der Waals surface area (Å²) in [7, 11) is -0.651. The van der Waals surface area contributed by atoms with Gasteiger partial charge in [-0.3, -0.25) is 4.79 Å². The number of anilines is 1. The van der Waals surface area contributed by atoms with Crippen molar-refractivity contribution in [2.24, 2.45) is 0 Å². The number of hydrogen-bond donors (Lipinski definition) is 1. The van der Waals surface area contributed by atoms with Crippen LogP contribution in [0.4, 0.5) is 5.69 Å². The Labute approximate surface area is 159 Å². The molecule has 0 aromatic heterocycles. The van der Waals surface area contributed by atoms with E-state index in [9.17, 15) is 18.0 Å². The Morgan fingerprint density at radius 1 is 1.04 bits per heavy atom. The first-order valence-corrected chi connectivity index (χ1v) is 9.62. The normalized spacial score (nSPS) is 11.3. The quantitative estimate of drug-likeness (QED) is 0.765. The van der Waals surface area contributed by atoms with Crippen LogP contribution in [-0.4, -0.2) is 45.3 Å². The third-order valence-corrected chi connectivity index (χ3v) is 5.68. The predicted octanol–water partition coefficient (Wildman–Crippen LogP) is 2.35. The lowest BCUT2D eigenvalue weighted by Gasteiger charge is -2.12. The highest BCUT2D eigenvalue weighted by Crippen LogP contribution is 2.17. The molecule has 7 nitrogen and oxygen atoms in total. The van der Waals surface area contributed by atoms with Gasteiger partial charge in [-0.1, -0.05) is 17.7 Å². The summed E-state index contributed by atoms with van der Waals surface area (Å²) in [5.41, 5.74) is 2.62. The maximum atomic E-state index is 12.1. The van der Waals surface area contributed by atoms with Crippen molar-refractivity contribution in [2.45, 2.75) is 18.7 Å². The minimum atomic E-state index is -3.53. The van der Waals surface area contributed by atoms with Crippen LogP contribution in [0.3, 0.4) is 0 Å². The smallest absolute Gasteiger partial charge is 0.338 e. The highest BCUT2D eigenvalue weighted by molar-refractivity contribution is 7.89. The van der Waals surface area contributed by atoms with E-state index < -0.39 is 28.5 Å². The molecule has 0 unspecified atom stereocenters. The minimum Gasteiger partial charge on any atom is -0.452 e. The topological polar surface area (TPSA) is 92.8 Å². The van der Waals surface area contributed by atoms with Crippen LogP contribution < -0.4 is 5.32 Å². The molecule has 1 N–H and O–H groups in total. The molecule has 0 aliphatic heterocycles. The number of benzene rings is 2. The zero-order chi connectivity index (χ0) is 20.2. The molecule has 0 heterocycles. The largest absolute Gasteiger partial charge is 0.452 e. The molecule has 27 heavy (non-hydrogen) atoms. The van der Waals surface area contributed by atoms with Crippen molar-refractivity contribution in [3.05, 3.63) is 59.2 Å². The number of carbonyl (C=O) groups excluding carboxylic acids is 2. The third-order valence-electron chi connectivity index (χ3n) is 3.85. The number of carbonyl (C=O) groups is 2. The molecule has 0 aliphatic carbocycles. The average Bonchev–Trinajstić information content (AvgIpc) is 2.60. The van der Waals surface area contributed by atoms with Gasteiger partial charge < -0.3 is 10.1 Å². The molecule has 0 fully saturated rings. The van der Waals surface area contributed by atoms with E-state index in [1.54, 1.807) is 19.1 Å². The van der Waals surface area contributed by atoms with E-state index in [-0.39, 0.29) is 4.90 Å². The number of ether oxygens (including phenoxy) is 1. The maximum absolute atomic E-state index is 12.1. The first-order valence-electron chi connectivity index (χ1n) is 8.18. The van der Waals surface area contributed by atoms with Gasteiger partial charge in [-0.2, -0.15) is 0 Å². The van der Waals surface area contributed by atoms with Gasteiger partial charge in [0.05, 0.1) is 10.5 Å².